The molecule has 4 N–H and O–H groups in total. The van der Waals surface area contributed by atoms with Gasteiger partial charge in [-0.1, -0.05) is 43.3 Å². The number of carbonyl (C=O) groups is 3. The number of carbonyl (C=O) groups excluding carboxylic acids is 3. The first-order valence-corrected chi connectivity index (χ1v) is 18.3. The summed E-state index contributed by atoms with van der Waals surface area (Å²) in [5.74, 6) is -0.461. The number of hydrogen-bond acceptors (Lipinski definition) is 6. The van der Waals surface area contributed by atoms with E-state index in [-0.39, 0.29) is 54.7 Å². The second-order valence-electron chi connectivity index (χ2n) is 14.0. The summed E-state index contributed by atoms with van der Waals surface area (Å²) in [6.07, 6.45) is -3.08. The van der Waals surface area contributed by atoms with Crippen molar-refractivity contribution >= 4 is 45.8 Å². The summed E-state index contributed by atoms with van der Waals surface area (Å²) in [5.41, 5.74) is 0.360. The maximum Gasteiger partial charge on any atom is 0.416 e. The minimum atomic E-state index is -4.51. The van der Waals surface area contributed by atoms with Crippen molar-refractivity contribution in [3.05, 3.63) is 96.1 Å². The Kier molecular flexibility index (Phi) is 13.6. The Morgan fingerprint density at radius 2 is 1.64 bits per heavy atom. The van der Waals surface area contributed by atoms with Gasteiger partial charge in [0.1, 0.15) is 5.75 Å². The number of alkyl halides is 3. The smallest absolute Gasteiger partial charge is 0.416 e. The van der Waals surface area contributed by atoms with E-state index in [0.29, 0.717) is 24.5 Å². The molecule has 11 nitrogen and oxygen atoms in total. The van der Waals surface area contributed by atoms with Crippen molar-refractivity contribution in [3.63, 3.8) is 0 Å². The van der Waals surface area contributed by atoms with E-state index in [0.717, 1.165) is 47.9 Å². The van der Waals surface area contributed by atoms with E-state index in [9.17, 15) is 32.7 Å². The number of urea groups is 2. The first-order valence-electron chi connectivity index (χ1n) is 18.3. The third-order valence-corrected chi connectivity index (χ3v) is 9.61. The number of nitrogens with one attached hydrogen (secondary N) is 3. The summed E-state index contributed by atoms with van der Waals surface area (Å²) >= 11 is 0. The summed E-state index contributed by atoms with van der Waals surface area (Å²) in [6.45, 7) is 6.03. The Bertz CT molecular complexity index is 1940. The lowest BCUT2D eigenvalue weighted by Crippen LogP contribution is -2.48. The molecular formula is C41H48F3N5O6. The highest BCUT2D eigenvalue weighted by Gasteiger charge is 2.32. The number of rotatable bonds is 7. The summed E-state index contributed by atoms with van der Waals surface area (Å²) < 4.78 is 51.6. The molecule has 0 bridgehead atoms. The first kappa shape index (κ1) is 40.8. The molecule has 1 aliphatic rings. The van der Waals surface area contributed by atoms with Crippen molar-refractivity contribution in [3.8, 4) is 5.75 Å². The van der Waals surface area contributed by atoms with E-state index in [1.54, 1.807) is 31.0 Å². The average Bonchev–Trinajstić information content (AvgIpc) is 3.15. The van der Waals surface area contributed by atoms with Crippen molar-refractivity contribution in [1.29, 1.82) is 0 Å². The molecule has 14 heteroatoms. The highest BCUT2D eigenvalue weighted by Crippen LogP contribution is 2.31. The molecule has 4 aromatic rings. The van der Waals surface area contributed by atoms with E-state index < -0.39 is 35.8 Å². The Balaban J connectivity index is 1.35. The third kappa shape index (κ3) is 10.9. The van der Waals surface area contributed by atoms with Crippen molar-refractivity contribution in [2.24, 2.45) is 5.92 Å². The molecule has 4 atom stereocenters. The van der Waals surface area contributed by atoms with Crippen LogP contribution in [0.3, 0.4) is 0 Å². The van der Waals surface area contributed by atoms with Crippen LogP contribution in [-0.4, -0.2) is 84.5 Å². The van der Waals surface area contributed by atoms with Crippen molar-refractivity contribution in [1.82, 2.24) is 9.80 Å². The van der Waals surface area contributed by atoms with Gasteiger partial charge in [-0.2, -0.15) is 13.2 Å². The summed E-state index contributed by atoms with van der Waals surface area (Å²) in [7, 11) is 1.69. The van der Waals surface area contributed by atoms with Crippen LogP contribution in [0.1, 0.15) is 56.0 Å². The highest BCUT2D eigenvalue weighted by atomic mass is 19.4. The number of likely N-dealkylation sites (N-methyl/N-ethyl adjacent to an activating group) is 1. The van der Waals surface area contributed by atoms with Crippen molar-refractivity contribution in [2.45, 2.75) is 64.5 Å². The molecule has 55 heavy (non-hydrogen) atoms. The maximum atomic E-state index is 14.4. The molecule has 0 fully saturated rings. The fraction of sp³-hybridized carbons (Fsp3) is 0.390. The predicted octanol–water partition coefficient (Wildman–Crippen LogP) is 8.46. The quantitative estimate of drug-likeness (QED) is 0.149. The number of amides is 5. The van der Waals surface area contributed by atoms with E-state index in [2.05, 4.69) is 16.0 Å². The van der Waals surface area contributed by atoms with Gasteiger partial charge in [0.25, 0.3) is 5.91 Å². The number of aliphatic hydroxyl groups is 1. The van der Waals surface area contributed by atoms with Crippen molar-refractivity contribution in [2.75, 3.05) is 49.3 Å². The first-order chi connectivity index (χ1) is 26.2. The molecule has 1 aliphatic heterocycles. The molecule has 1 heterocycles. The van der Waals surface area contributed by atoms with Gasteiger partial charge in [0.15, 0.2) is 0 Å². The largest absolute Gasteiger partial charge is 0.490 e. The van der Waals surface area contributed by atoms with Crippen LogP contribution < -0.4 is 20.7 Å². The molecule has 4 aromatic carbocycles. The van der Waals surface area contributed by atoms with Gasteiger partial charge in [-0.05, 0) is 87.0 Å². The van der Waals surface area contributed by atoms with E-state index in [1.165, 1.54) is 11.0 Å². The van der Waals surface area contributed by atoms with Crippen LogP contribution in [0.15, 0.2) is 84.9 Å². The van der Waals surface area contributed by atoms with E-state index in [4.69, 9.17) is 9.47 Å². The Hall–Kier alpha value is -5.34. The zero-order valence-electron chi connectivity index (χ0n) is 31.4. The standard InChI is InChI=1S/C41H48F3N5O6/c1-26-23-49(27(2)25-50)38(51)34-22-32(46-39(52)45-31-17-15-30(16-18-31)41(42,43)44)19-20-36(34)55-28(3)10-7-8-21-54-37(26)24-48(4)40(53)47-35-14-9-12-29-11-5-6-13-33(29)35/h5-6,9,11-20,22,26-28,37,50H,7-8,10,21,23-25H2,1-4H3,(H,47,53)(H2,45,46,52)/t26-,27-,28-,37+/m1/s1. The van der Waals surface area contributed by atoms with Crippen LogP contribution in [-0.2, 0) is 10.9 Å². The minimum absolute atomic E-state index is 0.141. The molecule has 0 unspecified atom stereocenters. The lowest BCUT2D eigenvalue weighted by atomic mass is 10.0. The molecule has 0 saturated carbocycles. The predicted molar refractivity (Wildman–Crippen MR) is 207 cm³/mol. The number of benzene rings is 4. The van der Waals surface area contributed by atoms with E-state index in [1.807, 2.05) is 56.3 Å². The third-order valence-electron chi connectivity index (χ3n) is 9.61. The SMILES string of the molecule is C[C@@H]1CCCCO[C@@H](CN(C)C(=O)Nc2cccc3ccccc23)[C@H](C)CN([C@H](C)CO)C(=O)c2cc(NC(=O)Nc3ccc(C(F)(F)F)cc3)ccc2O1. The number of ether oxygens (including phenoxy) is 2. The van der Waals surface area contributed by atoms with Gasteiger partial charge in [0, 0.05) is 49.4 Å². The lowest BCUT2D eigenvalue weighted by Gasteiger charge is -2.35. The van der Waals surface area contributed by atoms with Crippen LogP contribution in [0.25, 0.3) is 10.8 Å². The zero-order chi connectivity index (χ0) is 39.7. The molecule has 5 rings (SSSR count). The van der Waals surface area contributed by atoms with E-state index >= 15 is 0 Å². The van der Waals surface area contributed by atoms with Gasteiger partial charge in [-0.25, -0.2) is 9.59 Å². The monoisotopic (exact) mass is 763 g/mol. The van der Waals surface area contributed by atoms with Gasteiger partial charge in [-0.3, -0.25) is 4.79 Å². The van der Waals surface area contributed by atoms with Crippen LogP contribution in [0.2, 0.25) is 0 Å². The van der Waals surface area contributed by atoms with Gasteiger partial charge in [0.05, 0.1) is 41.7 Å². The molecule has 0 aromatic heterocycles. The zero-order valence-corrected chi connectivity index (χ0v) is 31.4. The van der Waals surface area contributed by atoms with Crippen LogP contribution in [0.5, 0.6) is 5.75 Å². The molecule has 0 spiro atoms. The normalized spacial score (nSPS) is 19.0. The molecule has 0 aliphatic carbocycles. The number of hydrogen-bond donors (Lipinski definition) is 4. The summed E-state index contributed by atoms with van der Waals surface area (Å²) in [5, 5.41) is 20.4. The number of anilines is 3. The Morgan fingerprint density at radius 3 is 2.36 bits per heavy atom. The summed E-state index contributed by atoms with van der Waals surface area (Å²) in [6, 6.07) is 20.5. The lowest BCUT2D eigenvalue weighted by molar-refractivity contribution is -0.137. The van der Waals surface area contributed by atoms with Gasteiger partial charge in [0.2, 0.25) is 0 Å². The fourth-order valence-electron chi connectivity index (χ4n) is 6.40. The second-order valence-corrected chi connectivity index (χ2v) is 14.0. The van der Waals surface area contributed by atoms with Crippen LogP contribution >= 0.6 is 0 Å². The van der Waals surface area contributed by atoms with Gasteiger partial charge in [-0.15, -0.1) is 0 Å². The topological polar surface area (TPSA) is 132 Å². The minimum Gasteiger partial charge on any atom is -0.490 e. The Labute approximate surface area is 318 Å². The Morgan fingerprint density at radius 1 is 0.945 bits per heavy atom. The molecule has 0 radical (unpaired) electrons. The second kappa shape index (κ2) is 18.3. The molecule has 294 valence electrons. The number of nitrogens with zero attached hydrogens (tertiary/aromatic N) is 2. The molecular weight excluding hydrogens is 715 g/mol. The summed E-state index contributed by atoms with van der Waals surface area (Å²) in [4.78, 5) is 43.9. The van der Waals surface area contributed by atoms with Crippen LogP contribution in [0.4, 0.5) is 39.8 Å². The number of fused-ring (bicyclic) bond motifs is 2. The van der Waals surface area contributed by atoms with Crippen molar-refractivity contribution < 1.29 is 42.1 Å². The highest BCUT2D eigenvalue weighted by molar-refractivity contribution is 6.03. The molecule has 5 amide bonds. The van der Waals surface area contributed by atoms with Gasteiger partial charge < -0.3 is 40.3 Å². The number of halogens is 3. The molecule has 0 saturated heterocycles. The fourth-order valence-corrected chi connectivity index (χ4v) is 6.40. The number of aliphatic hydroxyl groups excluding tert-OH is 1. The maximum absolute atomic E-state index is 14.4. The van der Waals surface area contributed by atoms with Crippen LogP contribution in [0, 0.1) is 5.92 Å². The van der Waals surface area contributed by atoms with Gasteiger partial charge >= 0.3 is 18.2 Å². The average molecular weight is 764 g/mol.